The third-order valence-corrected chi connectivity index (χ3v) is 3.99. The van der Waals surface area contributed by atoms with Gasteiger partial charge in [0.15, 0.2) is 0 Å². The van der Waals surface area contributed by atoms with Crippen LogP contribution in [0.15, 0.2) is 12.2 Å². The first-order chi connectivity index (χ1) is 3.93. The second-order valence-electron chi connectivity index (χ2n) is 1.68. The average Bonchev–Trinajstić information content (AvgIpc) is 1.90. The molecule has 1 nitrogen and oxygen atoms in total. The van der Waals surface area contributed by atoms with E-state index in [0.717, 1.165) is 6.54 Å². The monoisotopic (exact) mass is 223 g/mol. The van der Waals surface area contributed by atoms with E-state index < -0.39 is 0 Å². The van der Waals surface area contributed by atoms with E-state index in [1.54, 1.807) is 3.51 Å². The molecule has 0 atom stereocenters. The van der Waals surface area contributed by atoms with Crippen LogP contribution in [0.2, 0.25) is 0 Å². The van der Waals surface area contributed by atoms with Crippen molar-refractivity contribution in [3.05, 3.63) is 12.2 Å². The molecule has 1 aliphatic rings. The van der Waals surface area contributed by atoms with Gasteiger partial charge in [-0.25, -0.2) is 0 Å². The molecule has 1 heterocycles. The molecule has 0 radical (unpaired) electrons. The summed E-state index contributed by atoms with van der Waals surface area (Å²) in [6.45, 7) is 0.831. The van der Waals surface area contributed by atoms with Gasteiger partial charge in [0.2, 0.25) is 0 Å². The summed E-state index contributed by atoms with van der Waals surface area (Å²) >= 11 is 0.354. The van der Waals surface area contributed by atoms with E-state index in [2.05, 4.69) is 12.2 Å². The molecule has 0 unspecified atom stereocenters. The largest absolute Gasteiger partial charge is 0.326 e. The fraction of sp³-hybridized carbons (Fsp3) is 0.500. The van der Waals surface area contributed by atoms with Gasteiger partial charge in [-0.1, -0.05) is 12.2 Å². The average molecular weight is 223 g/mol. The zero-order valence-electron chi connectivity index (χ0n) is 4.73. The molecule has 0 aromatic heterocycles. The molecule has 0 amide bonds. The molecule has 0 aromatic rings. The lowest BCUT2D eigenvalue weighted by molar-refractivity contribution is 1.28. The summed E-state index contributed by atoms with van der Waals surface area (Å²) in [6.07, 6.45) is 5.67. The Balaban J connectivity index is 2.43. The van der Waals surface area contributed by atoms with Crippen molar-refractivity contribution >= 4 is 24.2 Å². The predicted octanol–water partition coefficient (Wildman–Crippen LogP) is 1.05. The zero-order chi connectivity index (χ0) is 5.82. The first kappa shape index (κ1) is 6.42. The van der Waals surface area contributed by atoms with Crippen molar-refractivity contribution in [1.82, 2.24) is 0 Å². The lowest BCUT2D eigenvalue weighted by Crippen LogP contribution is -2.11. The van der Waals surface area contributed by atoms with Crippen molar-refractivity contribution in [3.63, 3.8) is 0 Å². The highest BCUT2D eigenvalue weighted by atomic mass is 127. The molecule has 0 spiro atoms. The van der Waals surface area contributed by atoms with Gasteiger partial charge in [-0.15, -0.1) is 20.7 Å². The molecule has 0 saturated heterocycles. The summed E-state index contributed by atoms with van der Waals surface area (Å²) in [5.74, 6) is 0. The Bertz CT molecular complexity index is 126. The Hall–Kier alpha value is 0.300. The Morgan fingerprint density at radius 3 is 2.88 bits per heavy atom. The lowest BCUT2D eigenvalue weighted by atomic mass is 10.3. The van der Waals surface area contributed by atoms with E-state index in [4.69, 9.17) is 5.73 Å². The van der Waals surface area contributed by atoms with Crippen LogP contribution in [0.3, 0.4) is 0 Å². The number of alkyl halides is 1. The van der Waals surface area contributed by atoms with Crippen molar-refractivity contribution < 1.29 is 0 Å². The van der Waals surface area contributed by atoms with E-state index in [1.165, 1.54) is 10.8 Å². The number of nitrogens with two attached hydrogens (primary N) is 1. The Labute approximate surface area is 59.7 Å². The standard InChI is InChI=1S/C6H10IN/c8-5-6-3-1-2-4-7-6/h1-2H,3-5,8H2. The Morgan fingerprint density at radius 2 is 2.50 bits per heavy atom. The van der Waals surface area contributed by atoms with Gasteiger partial charge in [0.25, 0.3) is 0 Å². The van der Waals surface area contributed by atoms with Gasteiger partial charge in [-0.2, -0.15) is 0 Å². The van der Waals surface area contributed by atoms with Crippen LogP contribution in [-0.4, -0.2) is 14.5 Å². The highest BCUT2D eigenvalue weighted by Crippen LogP contribution is 2.09. The van der Waals surface area contributed by atoms with Gasteiger partial charge in [0.1, 0.15) is 0 Å². The molecule has 0 aromatic carbocycles. The maximum absolute atomic E-state index is 5.46. The summed E-state index contributed by atoms with van der Waals surface area (Å²) in [4.78, 5) is 0. The SMILES string of the molecule is NCC1=ICC=CC1. The molecular weight excluding hydrogens is 213 g/mol. The van der Waals surface area contributed by atoms with Gasteiger partial charge >= 0.3 is 0 Å². The van der Waals surface area contributed by atoms with E-state index >= 15 is 0 Å². The highest BCUT2D eigenvalue weighted by Gasteiger charge is 1.93. The van der Waals surface area contributed by atoms with Gasteiger partial charge in [0, 0.05) is 11.0 Å². The minimum absolute atomic E-state index is 0.354. The minimum Gasteiger partial charge on any atom is -0.326 e. The molecule has 0 saturated carbocycles. The molecule has 8 heavy (non-hydrogen) atoms. The topological polar surface area (TPSA) is 26.0 Å². The fourth-order valence-electron chi connectivity index (χ4n) is 0.620. The molecule has 2 heteroatoms. The predicted molar refractivity (Wildman–Crippen MR) is 46.7 cm³/mol. The van der Waals surface area contributed by atoms with E-state index in [-0.39, 0.29) is 0 Å². The van der Waals surface area contributed by atoms with Crippen LogP contribution < -0.4 is 5.73 Å². The van der Waals surface area contributed by atoms with Crippen LogP contribution in [0.5, 0.6) is 0 Å². The second kappa shape index (κ2) is 3.35. The third-order valence-electron chi connectivity index (χ3n) is 1.08. The summed E-state index contributed by atoms with van der Waals surface area (Å²) in [5, 5.41) is 0. The molecule has 1 rings (SSSR count). The fourth-order valence-corrected chi connectivity index (χ4v) is 2.73. The van der Waals surface area contributed by atoms with Crippen molar-refractivity contribution in [2.24, 2.45) is 5.73 Å². The lowest BCUT2D eigenvalue weighted by Gasteiger charge is -2.01. The molecule has 46 valence electrons. The van der Waals surface area contributed by atoms with Crippen molar-refractivity contribution in [1.29, 1.82) is 0 Å². The van der Waals surface area contributed by atoms with Crippen molar-refractivity contribution in [3.8, 4) is 0 Å². The van der Waals surface area contributed by atoms with E-state index in [9.17, 15) is 0 Å². The number of allylic oxidation sites excluding steroid dienone is 2. The number of hydrogen-bond acceptors (Lipinski definition) is 1. The van der Waals surface area contributed by atoms with Gasteiger partial charge in [-0.05, 0) is 9.93 Å². The van der Waals surface area contributed by atoms with Gasteiger partial charge in [0.05, 0.1) is 0 Å². The molecule has 0 bridgehead atoms. The smallest absolute Gasteiger partial charge is 0.0194 e. The third kappa shape index (κ3) is 1.67. The first-order valence-corrected chi connectivity index (χ1v) is 5.33. The molecular formula is C6H10IN. The van der Waals surface area contributed by atoms with Crippen LogP contribution in [0.25, 0.3) is 0 Å². The summed E-state index contributed by atoms with van der Waals surface area (Å²) in [7, 11) is 0. The molecule has 2 N–H and O–H groups in total. The minimum atomic E-state index is 0.354. The van der Waals surface area contributed by atoms with Crippen LogP contribution >= 0.6 is 20.7 Å². The van der Waals surface area contributed by atoms with E-state index in [0.29, 0.717) is 20.7 Å². The van der Waals surface area contributed by atoms with Crippen LogP contribution in [0, 0.1) is 0 Å². The van der Waals surface area contributed by atoms with Crippen LogP contribution in [0.1, 0.15) is 6.42 Å². The van der Waals surface area contributed by atoms with Gasteiger partial charge < -0.3 is 5.73 Å². The second-order valence-corrected chi connectivity index (χ2v) is 4.85. The summed E-state index contributed by atoms with van der Waals surface area (Å²) in [5.41, 5.74) is 5.46. The number of rotatable bonds is 1. The van der Waals surface area contributed by atoms with Crippen LogP contribution in [0.4, 0.5) is 0 Å². The summed E-state index contributed by atoms with van der Waals surface area (Å²) < 4.78 is 2.91. The normalized spacial score (nSPS) is 19.4. The molecule has 1 aliphatic heterocycles. The van der Waals surface area contributed by atoms with E-state index in [1.807, 2.05) is 0 Å². The molecule has 0 fully saturated rings. The first-order valence-electron chi connectivity index (χ1n) is 2.72. The summed E-state index contributed by atoms with van der Waals surface area (Å²) in [6, 6.07) is 0. The van der Waals surface area contributed by atoms with Crippen LogP contribution in [-0.2, 0) is 0 Å². The van der Waals surface area contributed by atoms with Crippen molar-refractivity contribution in [2.45, 2.75) is 6.42 Å². The maximum Gasteiger partial charge on any atom is 0.0194 e. The zero-order valence-corrected chi connectivity index (χ0v) is 6.89. The Kier molecular flexibility index (Phi) is 2.69. The molecule has 0 aliphatic carbocycles. The quantitative estimate of drug-likeness (QED) is 0.401. The van der Waals surface area contributed by atoms with Crippen molar-refractivity contribution in [2.75, 3.05) is 11.0 Å². The number of hydrogen-bond donors (Lipinski definition) is 1. The highest BCUT2D eigenvalue weighted by molar-refractivity contribution is 14.2. The number of halogens is 1. The Morgan fingerprint density at radius 1 is 1.62 bits per heavy atom. The maximum atomic E-state index is 5.46. The van der Waals surface area contributed by atoms with Gasteiger partial charge in [-0.3, -0.25) is 0 Å².